The number of amides is 1. The van der Waals surface area contributed by atoms with E-state index in [9.17, 15) is 14.4 Å². The molecule has 2 atom stereocenters. The molecule has 0 fully saturated rings. The van der Waals surface area contributed by atoms with Crippen LogP contribution in [0.5, 0.6) is 0 Å². The first kappa shape index (κ1) is 14.8. The summed E-state index contributed by atoms with van der Waals surface area (Å²) in [6.07, 6.45) is 0.189. The Hall–Kier alpha value is -1.19. The van der Waals surface area contributed by atoms with E-state index in [0.29, 0.717) is 0 Å². The van der Waals surface area contributed by atoms with Crippen molar-refractivity contribution in [2.45, 2.75) is 47.1 Å². The van der Waals surface area contributed by atoms with Crippen LogP contribution in [0.4, 0.5) is 0 Å². The van der Waals surface area contributed by atoms with Gasteiger partial charge in [0.05, 0.1) is 6.04 Å². The predicted molar refractivity (Wildman–Crippen MR) is 61.9 cm³/mol. The van der Waals surface area contributed by atoms with Gasteiger partial charge in [-0.3, -0.25) is 14.4 Å². The van der Waals surface area contributed by atoms with E-state index >= 15 is 0 Å². The lowest BCUT2D eigenvalue weighted by Gasteiger charge is -2.16. The number of carbonyl (C=O) groups excluding carboxylic acids is 3. The fraction of sp³-hybridized carbons (Fsp3) is 0.750. The minimum atomic E-state index is -0.517. The van der Waals surface area contributed by atoms with E-state index in [2.05, 4.69) is 5.32 Å². The highest BCUT2D eigenvalue weighted by atomic mass is 16.2. The van der Waals surface area contributed by atoms with Crippen molar-refractivity contribution in [3.63, 3.8) is 0 Å². The highest BCUT2D eigenvalue weighted by molar-refractivity contribution is 5.92. The molecule has 0 aliphatic rings. The molecule has 0 aromatic rings. The Morgan fingerprint density at radius 3 is 1.94 bits per heavy atom. The topological polar surface area (TPSA) is 63.2 Å². The maximum atomic E-state index is 11.6. The monoisotopic (exact) mass is 227 g/mol. The second-order valence-corrected chi connectivity index (χ2v) is 4.57. The van der Waals surface area contributed by atoms with E-state index in [4.69, 9.17) is 0 Å². The normalized spacial score (nSPS) is 14.4. The first-order valence-corrected chi connectivity index (χ1v) is 5.59. The smallest absolute Gasteiger partial charge is 0.223 e. The first-order valence-electron chi connectivity index (χ1n) is 5.59. The van der Waals surface area contributed by atoms with Crippen LogP contribution in [0.2, 0.25) is 0 Å². The van der Waals surface area contributed by atoms with Crippen molar-refractivity contribution in [2.75, 3.05) is 0 Å². The molecule has 0 rings (SSSR count). The first-order chi connectivity index (χ1) is 7.25. The maximum absolute atomic E-state index is 11.6. The molecule has 0 saturated heterocycles. The summed E-state index contributed by atoms with van der Waals surface area (Å²) in [6, 6.07) is -0.517. The zero-order valence-electron chi connectivity index (χ0n) is 10.7. The van der Waals surface area contributed by atoms with Gasteiger partial charge in [0.25, 0.3) is 0 Å². The summed E-state index contributed by atoms with van der Waals surface area (Å²) in [6.45, 7) is 8.37. The second-order valence-electron chi connectivity index (χ2n) is 4.57. The molecule has 0 bridgehead atoms. The number of carbonyl (C=O) groups is 3. The second kappa shape index (κ2) is 6.40. The minimum Gasteiger partial charge on any atom is -0.346 e. The van der Waals surface area contributed by atoms with Crippen LogP contribution >= 0.6 is 0 Å². The van der Waals surface area contributed by atoms with Crippen LogP contribution in [0, 0.1) is 11.8 Å². The highest BCUT2D eigenvalue weighted by Crippen LogP contribution is 2.06. The zero-order valence-corrected chi connectivity index (χ0v) is 10.7. The van der Waals surface area contributed by atoms with E-state index in [1.54, 1.807) is 27.7 Å². The Balaban J connectivity index is 4.19. The molecule has 4 heteroatoms. The Kier molecular flexibility index (Phi) is 5.93. The van der Waals surface area contributed by atoms with Gasteiger partial charge in [-0.05, 0) is 13.8 Å². The predicted octanol–water partition coefficient (Wildman–Crippen LogP) is 1.33. The van der Waals surface area contributed by atoms with E-state index in [-0.39, 0.29) is 35.7 Å². The molecule has 92 valence electrons. The Labute approximate surface area is 96.8 Å². The van der Waals surface area contributed by atoms with E-state index in [0.717, 1.165) is 0 Å². The van der Waals surface area contributed by atoms with Crippen molar-refractivity contribution >= 4 is 17.5 Å². The molecule has 0 aromatic heterocycles. The van der Waals surface area contributed by atoms with Crippen LogP contribution in [0.3, 0.4) is 0 Å². The zero-order chi connectivity index (χ0) is 12.9. The number of hydrogen-bond donors (Lipinski definition) is 1. The van der Waals surface area contributed by atoms with Crippen LogP contribution in [0.25, 0.3) is 0 Å². The summed E-state index contributed by atoms with van der Waals surface area (Å²) in [7, 11) is 0. The lowest BCUT2D eigenvalue weighted by Crippen LogP contribution is -2.41. The average molecular weight is 227 g/mol. The number of hydrogen-bond acceptors (Lipinski definition) is 3. The van der Waals surface area contributed by atoms with Gasteiger partial charge in [0.2, 0.25) is 5.91 Å². The number of nitrogens with one attached hydrogen (secondary N) is 1. The lowest BCUT2D eigenvalue weighted by molar-refractivity contribution is -0.130. The van der Waals surface area contributed by atoms with E-state index < -0.39 is 6.04 Å². The third-order valence-electron chi connectivity index (χ3n) is 2.57. The third kappa shape index (κ3) is 5.05. The van der Waals surface area contributed by atoms with Gasteiger partial charge >= 0.3 is 0 Å². The molecular weight excluding hydrogens is 206 g/mol. The van der Waals surface area contributed by atoms with Crippen molar-refractivity contribution in [2.24, 2.45) is 11.8 Å². The van der Waals surface area contributed by atoms with Crippen LogP contribution < -0.4 is 5.32 Å². The quantitative estimate of drug-likeness (QED) is 0.744. The molecule has 0 saturated carbocycles. The van der Waals surface area contributed by atoms with Gasteiger partial charge in [0, 0.05) is 18.3 Å². The molecule has 4 nitrogen and oxygen atoms in total. The molecule has 0 radical (unpaired) electrons. The molecule has 0 aliphatic heterocycles. The van der Waals surface area contributed by atoms with Crippen molar-refractivity contribution in [1.82, 2.24) is 5.32 Å². The Bertz CT molecular complexity index is 284. The molecule has 1 amide bonds. The van der Waals surface area contributed by atoms with Crippen LogP contribution in [0.15, 0.2) is 0 Å². The number of Topliss-reactive ketones (excluding diaryl/α,β-unsaturated/α-hetero) is 2. The summed E-state index contributed by atoms with van der Waals surface area (Å²) >= 11 is 0. The number of ketones is 2. The van der Waals surface area contributed by atoms with Gasteiger partial charge in [0.1, 0.15) is 5.78 Å². The van der Waals surface area contributed by atoms with Crippen molar-refractivity contribution in [3.05, 3.63) is 0 Å². The third-order valence-corrected chi connectivity index (χ3v) is 2.57. The van der Waals surface area contributed by atoms with Gasteiger partial charge in [-0.15, -0.1) is 0 Å². The largest absolute Gasteiger partial charge is 0.346 e. The summed E-state index contributed by atoms with van der Waals surface area (Å²) in [4.78, 5) is 34.0. The minimum absolute atomic E-state index is 0.00395. The molecule has 2 unspecified atom stereocenters. The molecule has 0 aliphatic carbocycles. The maximum Gasteiger partial charge on any atom is 0.223 e. The molecule has 0 aromatic carbocycles. The Morgan fingerprint density at radius 1 is 1.06 bits per heavy atom. The summed E-state index contributed by atoms with van der Waals surface area (Å²) < 4.78 is 0. The fourth-order valence-electron chi connectivity index (χ4n) is 1.08. The van der Waals surface area contributed by atoms with E-state index in [1.807, 2.05) is 0 Å². The van der Waals surface area contributed by atoms with Crippen LogP contribution in [-0.2, 0) is 14.4 Å². The molecule has 0 heterocycles. The Morgan fingerprint density at radius 2 is 1.56 bits per heavy atom. The highest BCUT2D eigenvalue weighted by Gasteiger charge is 2.20. The van der Waals surface area contributed by atoms with Gasteiger partial charge in [0.15, 0.2) is 5.78 Å². The van der Waals surface area contributed by atoms with Crippen molar-refractivity contribution in [1.29, 1.82) is 0 Å². The molecule has 16 heavy (non-hydrogen) atoms. The van der Waals surface area contributed by atoms with Gasteiger partial charge < -0.3 is 5.32 Å². The number of rotatable bonds is 6. The SMILES string of the molecule is CC(=O)C(C)CC(=O)C(C)NC(=O)C(C)C. The van der Waals surface area contributed by atoms with Crippen molar-refractivity contribution < 1.29 is 14.4 Å². The summed E-state index contributed by atoms with van der Waals surface area (Å²) in [5.74, 6) is -0.657. The van der Waals surface area contributed by atoms with Gasteiger partial charge in [-0.2, -0.15) is 0 Å². The average Bonchev–Trinajstić information content (AvgIpc) is 2.16. The van der Waals surface area contributed by atoms with E-state index in [1.165, 1.54) is 6.92 Å². The van der Waals surface area contributed by atoms with Crippen LogP contribution in [0.1, 0.15) is 41.0 Å². The van der Waals surface area contributed by atoms with Crippen LogP contribution in [-0.4, -0.2) is 23.5 Å². The molecular formula is C12H21NO3. The fourth-order valence-corrected chi connectivity index (χ4v) is 1.08. The van der Waals surface area contributed by atoms with Crippen molar-refractivity contribution in [3.8, 4) is 0 Å². The lowest BCUT2D eigenvalue weighted by atomic mass is 9.97. The summed E-state index contributed by atoms with van der Waals surface area (Å²) in [5, 5.41) is 2.62. The standard InChI is InChI=1S/C12H21NO3/c1-7(2)12(16)13-9(4)11(15)6-8(3)10(5)14/h7-9H,6H2,1-5H3,(H,13,16). The summed E-state index contributed by atoms with van der Waals surface area (Å²) in [5.41, 5.74) is 0. The molecule has 0 spiro atoms. The van der Waals surface area contributed by atoms with Gasteiger partial charge in [-0.1, -0.05) is 20.8 Å². The molecule has 1 N–H and O–H groups in total. The van der Waals surface area contributed by atoms with Gasteiger partial charge in [-0.25, -0.2) is 0 Å².